The molecule has 1 aliphatic heterocycles. The molecule has 1 N–H and O–H groups in total. The van der Waals surface area contributed by atoms with Crippen molar-refractivity contribution >= 4 is 23.2 Å². The van der Waals surface area contributed by atoms with Crippen molar-refractivity contribution in [1.82, 2.24) is 4.90 Å². The third-order valence-electron chi connectivity index (χ3n) is 13.4. The molecule has 1 aromatic carbocycles. The van der Waals surface area contributed by atoms with E-state index < -0.39 is 35.0 Å². The van der Waals surface area contributed by atoms with Crippen LogP contribution in [-0.4, -0.2) is 46.5 Å². The molecule has 1 aromatic heterocycles. The Bertz CT molecular complexity index is 1720. The number of alkyl halides is 3. The van der Waals surface area contributed by atoms with Gasteiger partial charge in [0.25, 0.3) is 0 Å². The normalized spacial score (nSPS) is 40.1. The molecule has 10 heteroatoms. The number of amides is 1. The van der Waals surface area contributed by atoms with E-state index in [9.17, 15) is 27.9 Å². The third kappa shape index (κ3) is 4.25. The highest BCUT2D eigenvalue weighted by Crippen LogP contribution is 2.79. The Hall–Kier alpha value is -3.11. The third-order valence-corrected chi connectivity index (χ3v) is 14.4. The van der Waals surface area contributed by atoms with Crippen molar-refractivity contribution in [1.29, 1.82) is 0 Å². The predicted octanol–water partition coefficient (Wildman–Crippen LogP) is 8.39. The first-order valence-electron chi connectivity index (χ1n) is 16.7. The number of nitrogens with zero attached hydrogens (tertiary/aromatic N) is 1. The van der Waals surface area contributed by atoms with Crippen molar-refractivity contribution in [2.45, 2.75) is 90.3 Å². The Labute approximate surface area is 276 Å². The summed E-state index contributed by atoms with van der Waals surface area (Å²) in [5, 5.41) is 10.9. The number of thiophene rings is 1. The summed E-state index contributed by atoms with van der Waals surface area (Å²) in [5.74, 6) is 0.0523. The molecule has 2 heterocycles. The summed E-state index contributed by atoms with van der Waals surface area (Å²) in [6.07, 6.45) is 6.80. The molecule has 9 rings (SSSR count). The summed E-state index contributed by atoms with van der Waals surface area (Å²) >= 11 is 1.52. The highest BCUT2D eigenvalue weighted by Gasteiger charge is 2.76. The number of carbonyl (C=O) groups excluding carboxylic acids is 2. The molecular formula is C37H40F3NO5S. The zero-order valence-electron chi connectivity index (χ0n) is 26.9. The van der Waals surface area contributed by atoms with Gasteiger partial charge in [0, 0.05) is 33.2 Å². The Morgan fingerprint density at radius 1 is 1.02 bits per heavy atom. The van der Waals surface area contributed by atoms with Crippen LogP contribution in [0.15, 0.2) is 60.2 Å². The minimum absolute atomic E-state index is 0.0646. The molecule has 250 valence electrons. The second-order valence-corrected chi connectivity index (χ2v) is 16.7. The first-order valence-corrected chi connectivity index (χ1v) is 17.5. The van der Waals surface area contributed by atoms with Crippen LogP contribution in [0.3, 0.4) is 0 Å². The van der Waals surface area contributed by atoms with Gasteiger partial charge in [-0.3, -0.25) is 9.69 Å². The zero-order chi connectivity index (χ0) is 33.2. The van der Waals surface area contributed by atoms with Crippen molar-refractivity contribution in [2.75, 3.05) is 6.54 Å². The highest BCUT2D eigenvalue weighted by atomic mass is 32.1. The SMILES string of the molecule is Cc1ccc(C(=O)C2=C[C@@]34C=C[C@@]25[C@@H]2CC[C@@]6(CN(Cc7ccc(OC(F)(F)F)cc7)C(=O)O6)[C@@]2(C)CC[C@@H]5[C@@]3(C)CC[C@H](O)C4)s1. The van der Waals surface area contributed by atoms with E-state index in [1.54, 1.807) is 17.0 Å². The van der Waals surface area contributed by atoms with Gasteiger partial charge in [-0.2, -0.15) is 0 Å². The zero-order valence-corrected chi connectivity index (χ0v) is 27.7. The van der Waals surface area contributed by atoms with Crippen molar-refractivity contribution in [2.24, 2.45) is 33.5 Å². The van der Waals surface area contributed by atoms with Crippen LogP contribution >= 0.6 is 11.3 Å². The molecule has 1 saturated heterocycles. The molecule has 0 unspecified atom stereocenters. The Morgan fingerprint density at radius 3 is 2.43 bits per heavy atom. The van der Waals surface area contributed by atoms with Gasteiger partial charge in [0.15, 0.2) is 5.78 Å². The summed E-state index contributed by atoms with van der Waals surface area (Å²) < 4.78 is 48.4. The minimum atomic E-state index is -4.77. The predicted molar refractivity (Wildman–Crippen MR) is 170 cm³/mol. The van der Waals surface area contributed by atoms with E-state index in [2.05, 4.69) is 36.8 Å². The number of aliphatic hydroxyl groups excluding tert-OH is 1. The second kappa shape index (κ2) is 9.97. The summed E-state index contributed by atoms with van der Waals surface area (Å²) in [4.78, 5) is 31.6. The lowest BCUT2D eigenvalue weighted by molar-refractivity contribution is -0.274. The van der Waals surface area contributed by atoms with Gasteiger partial charge in [0.05, 0.1) is 17.5 Å². The Morgan fingerprint density at radius 2 is 1.72 bits per heavy atom. The lowest BCUT2D eigenvalue weighted by Gasteiger charge is -2.71. The molecule has 2 aromatic rings. The Balaban J connectivity index is 1.15. The average Bonchev–Trinajstić information content (AvgIpc) is 3.67. The first kappa shape index (κ1) is 31.2. The molecule has 1 amide bonds. The second-order valence-electron chi connectivity index (χ2n) is 15.4. The van der Waals surface area contributed by atoms with E-state index in [-0.39, 0.29) is 40.7 Å². The molecule has 3 saturated carbocycles. The number of fused-ring (bicyclic) bond motifs is 2. The van der Waals surface area contributed by atoms with Gasteiger partial charge in [-0.1, -0.05) is 44.2 Å². The van der Waals surface area contributed by atoms with Gasteiger partial charge in [-0.25, -0.2) is 4.79 Å². The van der Waals surface area contributed by atoms with Crippen LogP contribution in [0, 0.1) is 40.4 Å². The standard InChI is InChI=1S/C37H40F3NO5S/c1-22-4-9-27(47-22)30(43)26-19-34-16-17-36(26)28(32(34,2)13-10-24(42)18-34)11-14-33(3)29(36)12-15-35(33)21-41(31(44)46-35)20-23-5-7-25(8-6-23)45-37(38,39)40/h4-9,16-17,19,24,28-29,42H,10-15,18,20-21H2,1-3H3/t24-,28+,29+,32+,33-,34-,35+,36+/m0/s1. The molecular weight excluding hydrogens is 627 g/mol. The fraction of sp³-hybridized carbons (Fsp3) is 0.568. The summed E-state index contributed by atoms with van der Waals surface area (Å²) in [6, 6.07) is 9.54. The summed E-state index contributed by atoms with van der Waals surface area (Å²) in [6.45, 7) is 7.25. The maximum Gasteiger partial charge on any atom is 0.573 e. The van der Waals surface area contributed by atoms with Crippen molar-refractivity contribution in [3.8, 4) is 5.75 Å². The maximum absolute atomic E-state index is 14.6. The number of hydrogen-bond acceptors (Lipinski definition) is 6. The molecule has 6 aliphatic carbocycles. The number of ether oxygens (including phenoxy) is 2. The van der Waals surface area contributed by atoms with E-state index >= 15 is 0 Å². The van der Waals surface area contributed by atoms with E-state index in [4.69, 9.17) is 4.74 Å². The van der Waals surface area contributed by atoms with Crippen LogP contribution in [0.4, 0.5) is 18.0 Å². The van der Waals surface area contributed by atoms with Gasteiger partial charge in [-0.15, -0.1) is 24.5 Å². The van der Waals surface area contributed by atoms with Crippen LogP contribution < -0.4 is 4.74 Å². The largest absolute Gasteiger partial charge is 0.573 e. The molecule has 8 atom stereocenters. The van der Waals surface area contributed by atoms with E-state index in [0.29, 0.717) is 24.9 Å². The van der Waals surface area contributed by atoms with Gasteiger partial charge in [0.1, 0.15) is 11.4 Å². The number of carbonyl (C=O) groups is 2. The van der Waals surface area contributed by atoms with Gasteiger partial charge in [0.2, 0.25) is 0 Å². The van der Waals surface area contributed by atoms with E-state index in [1.165, 1.54) is 23.5 Å². The topological polar surface area (TPSA) is 76.1 Å². The van der Waals surface area contributed by atoms with Crippen molar-refractivity contribution in [3.05, 3.63) is 75.5 Å². The smallest absolute Gasteiger partial charge is 0.440 e. The van der Waals surface area contributed by atoms with E-state index in [1.807, 2.05) is 19.1 Å². The number of allylic oxidation sites excluding steroid dienone is 4. The number of hydrogen-bond donors (Lipinski definition) is 1. The molecule has 4 fully saturated rings. The molecule has 2 bridgehead atoms. The number of aryl methyl sites for hydroxylation is 1. The van der Waals surface area contributed by atoms with Crippen LogP contribution in [0.5, 0.6) is 5.75 Å². The first-order chi connectivity index (χ1) is 22.1. The number of Topliss-reactive ketones (excluding diaryl/α,β-unsaturated/α-hetero) is 1. The molecule has 7 aliphatic rings. The van der Waals surface area contributed by atoms with Gasteiger partial charge >= 0.3 is 12.5 Å². The van der Waals surface area contributed by atoms with Crippen molar-refractivity contribution < 1.29 is 37.3 Å². The lowest BCUT2D eigenvalue weighted by atomic mass is 9.32. The average molecular weight is 668 g/mol. The van der Waals surface area contributed by atoms with Crippen LogP contribution in [-0.2, 0) is 11.3 Å². The van der Waals surface area contributed by atoms with Crippen LogP contribution in [0.25, 0.3) is 0 Å². The fourth-order valence-corrected chi connectivity index (χ4v) is 12.0. The van der Waals surface area contributed by atoms with Gasteiger partial charge in [-0.05, 0) is 98.9 Å². The van der Waals surface area contributed by atoms with Crippen LogP contribution in [0.1, 0.15) is 78.9 Å². The van der Waals surface area contributed by atoms with Crippen molar-refractivity contribution in [3.63, 3.8) is 0 Å². The number of ketones is 1. The number of halogens is 3. The minimum Gasteiger partial charge on any atom is -0.440 e. The highest BCUT2D eigenvalue weighted by molar-refractivity contribution is 7.14. The number of rotatable bonds is 5. The van der Waals surface area contributed by atoms with Gasteiger partial charge < -0.3 is 14.6 Å². The fourth-order valence-electron chi connectivity index (χ4n) is 11.2. The molecule has 0 radical (unpaired) electrons. The quantitative estimate of drug-likeness (QED) is 0.256. The monoisotopic (exact) mass is 667 g/mol. The van der Waals surface area contributed by atoms with E-state index in [0.717, 1.165) is 47.4 Å². The van der Waals surface area contributed by atoms with Crippen LogP contribution in [0.2, 0.25) is 0 Å². The maximum atomic E-state index is 14.6. The lowest BCUT2D eigenvalue weighted by Crippen LogP contribution is -2.67. The summed E-state index contributed by atoms with van der Waals surface area (Å²) in [5.41, 5.74) is -0.611. The number of benzene rings is 1. The molecule has 3 spiro atoms. The molecule has 6 nitrogen and oxygen atoms in total. The molecule has 47 heavy (non-hydrogen) atoms. The number of aliphatic hydroxyl groups is 1. The summed E-state index contributed by atoms with van der Waals surface area (Å²) in [7, 11) is 0. The Kier molecular flexibility index (Phi) is 6.61.